The van der Waals surface area contributed by atoms with Gasteiger partial charge in [0.2, 0.25) is 0 Å². The molecule has 2 heterocycles. The van der Waals surface area contributed by atoms with Gasteiger partial charge in [-0.2, -0.15) is 0 Å². The van der Waals surface area contributed by atoms with Gasteiger partial charge in [0, 0.05) is 25.0 Å². The third-order valence-electron chi connectivity index (χ3n) is 3.83. The molecule has 0 radical (unpaired) electrons. The highest BCUT2D eigenvalue weighted by Gasteiger charge is 2.17. The van der Waals surface area contributed by atoms with Crippen molar-refractivity contribution in [3.05, 3.63) is 72.0 Å². The average molecular weight is 321 g/mol. The number of amides is 1. The number of hydrogen-bond acceptors (Lipinski definition) is 4. The van der Waals surface area contributed by atoms with Crippen molar-refractivity contribution in [2.75, 3.05) is 7.05 Å². The van der Waals surface area contributed by atoms with Crippen LogP contribution in [0, 0.1) is 0 Å². The quantitative estimate of drug-likeness (QED) is 0.721. The third-order valence-corrected chi connectivity index (χ3v) is 3.83. The second kappa shape index (κ2) is 7.08. The lowest BCUT2D eigenvalue weighted by Crippen LogP contribution is -2.26. The first-order chi connectivity index (χ1) is 11.7. The zero-order valence-corrected chi connectivity index (χ0v) is 13.8. The van der Waals surface area contributed by atoms with Crippen LogP contribution in [0.1, 0.15) is 28.7 Å². The Bertz CT molecular complexity index is 810. The fraction of sp³-hybridized carbons (Fsp3) is 0.211. The minimum absolute atomic E-state index is 0.183. The molecule has 1 amide bonds. The molecule has 0 N–H and O–H groups in total. The normalized spacial score (nSPS) is 10.6. The van der Waals surface area contributed by atoms with Gasteiger partial charge in [-0.25, -0.2) is 0 Å². The maximum absolute atomic E-state index is 12.5. The number of aromatic nitrogens is 2. The van der Waals surface area contributed by atoms with Crippen LogP contribution in [0.25, 0.3) is 11.3 Å². The summed E-state index contributed by atoms with van der Waals surface area (Å²) >= 11 is 0. The Hall–Kier alpha value is -2.95. The molecule has 3 aromatic rings. The van der Waals surface area contributed by atoms with Gasteiger partial charge in [-0.3, -0.25) is 14.8 Å². The van der Waals surface area contributed by atoms with Gasteiger partial charge in [-0.15, -0.1) is 0 Å². The third kappa shape index (κ3) is 3.51. The lowest BCUT2D eigenvalue weighted by molar-refractivity contribution is 0.0752. The van der Waals surface area contributed by atoms with Gasteiger partial charge in [-0.05, 0) is 24.1 Å². The maximum atomic E-state index is 12.5. The Balaban J connectivity index is 1.73. The molecule has 122 valence electrons. The Morgan fingerprint density at radius 1 is 1.12 bits per heavy atom. The number of nitrogens with zero attached hydrogens (tertiary/aromatic N) is 3. The zero-order valence-electron chi connectivity index (χ0n) is 13.8. The molecular weight excluding hydrogens is 302 g/mol. The van der Waals surface area contributed by atoms with Crippen LogP contribution in [0.4, 0.5) is 0 Å². The van der Waals surface area contributed by atoms with Gasteiger partial charge in [0.15, 0.2) is 5.76 Å². The van der Waals surface area contributed by atoms with Crippen molar-refractivity contribution in [1.29, 1.82) is 0 Å². The minimum atomic E-state index is -0.183. The summed E-state index contributed by atoms with van der Waals surface area (Å²) < 4.78 is 5.74. The molecule has 0 aliphatic heterocycles. The van der Waals surface area contributed by atoms with Crippen molar-refractivity contribution < 1.29 is 9.21 Å². The Labute approximate surface area is 141 Å². The van der Waals surface area contributed by atoms with E-state index in [1.807, 2.05) is 18.2 Å². The van der Waals surface area contributed by atoms with E-state index in [0.29, 0.717) is 18.1 Å². The van der Waals surface area contributed by atoms with Crippen LogP contribution in [-0.2, 0) is 13.0 Å². The van der Waals surface area contributed by atoms with E-state index in [2.05, 4.69) is 29.0 Å². The molecule has 1 aromatic carbocycles. The van der Waals surface area contributed by atoms with E-state index in [9.17, 15) is 4.79 Å². The Morgan fingerprint density at radius 2 is 1.92 bits per heavy atom. The van der Waals surface area contributed by atoms with Crippen LogP contribution in [0.2, 0.25) is 0 Å². The summed E-state index contributed by atoms with van der Waals surface area (Å²) in [5, 5.41) is 0. The summed E-state index contributed by atoms with van der Waals surface area (Å²) in [6.07, 6.45) is 5.86. The van der Waals surface area contributed by atoms with E-state index in [1.165, 1.54) is 5.56 Å². The fourth-order valence-electron chi connectivity index (χ4n) is 2.43. The minimum Gasteiger partial charge on any atom is -0.451 e. The Kier molecular flexibility index (Phi) is 4.70. The predicted molar refractivity (Wildman–Crippen MR) is 91.4 cm³/mol. The van der Waals surface area contributed by atoms with Crippen LogP contribution in [0.3, 0.4) is 0 Å². The second-order valence-electron chi connectivity index (χ2n) is 5.57. The number of carbonyl (C=O) groups excluding carboxylic acids is 1. The topological polar surface area (TPSA) is 59.2 Å². The number of benzene rings is 1. The molecule has 5 heteroatoms. The molecule has 0 unspecified atom stereocenters. The molecule has 2 aromatic heterocycles. The van der Waals surface area contributed by atoms with Crippen molar-refractivity contribution in [2.24, 2.45) is 0 Å². The lowest BCUT2D eigenvalue weighted by Gasteiger charge is -2.14. The molecule has 0 saturated carbocycles. The molecule has 0 aliphatic carbocycles. The predicted octanol–water partition coefficient (Wildman–Crippen LogP) is 3.57. The van der Waals surface area contributed by atoms with Crippen LogP contribution in [-0.4, -0.2) is 27.8 Å². The number of carbonyl (C=O) groups is 1. The molecule has 5 nitrogen and oxygen atoms in total. The highest BCUT2D eigenvalue weighted by Crippen LogP contribution is 2.23. The van der Waals surface area contributed by atoms with Crippen molar-refractivity contribution in [2.45, 2.75) is 19.9 Å². The molecule has 0 aliphatic rings. The maximum Gasteiger partial charge on any atom is 0.289 e. The van der Waals surface area contributed by atoms with Crippen molar-refractivity contribution in [3.63, 3.8) is 0 Å². The van der Waals surface area contributed by atoms with Gasteiger partial charge in [0.05, 0.1) is 18.4 Å². The van der Waals surface area contributed by atoms with E-state index in [1.54, 1.807) is 36.6 Å². The summed E-state index contributed by atoms with van der Waals surface area (Å²) in [5.74, 6) is 0.821. The van der Waals surface area contributed by atoms with Crippen LogP contribution in [0.5, 0.6) is 0 Å². The van der Waals surface area contributed by atoms with Crippen molar-refractivity contribution >= 4 is 5.91 Å². The van der Waals surface area contributed by atoms with E-state index in [0.717, 1.165) is 17.7 Å². The first-order valence-electron chi connectivity index (χ1n) is 7.87. The van der Waals surface area contributed by atoms with E-state index >= 15 is 0 Å². The number of rotatable bonds is 5. The molecular formula is C19H19N3O2. The van der Waals surface area contributed by atoms with Gasteiger partial charge in [0.1, 0.15) is 5.76 Å². The molecule has 0 saturated heterocycles. The van der Waals surface area contributed by atoms with E-state index in [-0.39, 0.29) is 5.91 Å². The van der Waals surface area contributed by atoms with Crippen molar-refractivity contribution in [1.82, 2.24) is 14.9 Å². The Morgan fingerprint density at radius 3 is 2.58 bits per heavy atom. The number of aryl methyl sites for hydroxylation is 1. The SMILES string of the molecule is CCc1ccc(-c2ccc(C(=O)N(C)Cc3cnccn3)o2)cc1. The van der Waals surface area contributed by atoms with Gasteiger partial charge >= 0.3 is 0 Å². The van der Waals surface area contributed by atoms with Crippen LogP contribution < -0.4 is 0 Å². The first kappa shape index (κ1) is 15.9. The van der Waals surface area contributed by atoms with E-state index in [4.69, 9.17) is 4.42 Å². The van der Waals surface area contributed by atoms with E-state index < -0.39 is 0 Å². The molecule has 0 fully saturated rings. The summed E-state index contributed by atoms with van der Waals surface area (Å²) in [7, 11) is 1.72. The first-order valence-corrected chi connectivity index (χ1v) is 7.87. The van der Waals surface area contributed by atoms with Crippen LogP contribution in [0.15, 0.2) is 59.4 Å². The van der Waals surface area contributed by atoms with Crippen molar-refractivity contribution in [3.8, 4) is 11.3 Å². The fourth-order valence-corrected chi connectivity index (χ4v) is 2.43. The standard InChI is InChI=1S/C19H19N3O2/c1-3-14-4-6-15(7-5-14)17-8-9-18(24-17)19(23)22(2)13-16-12-20-10-11-21-16/h4-12H,3,13H2,1-2H3. The molecule has 3 rings (SSSR count). The smallest absolute Gasteiger partial charge is 0.289 e. The number of furan rings is 1. The van der Waals surface area contributed by atoms with Gasteiger partial charge < -0.3 is 9.32 Å². The second-order valence-corrected chi connectivity index (χ2v) is 5.57. The van der Waals surface area contributed by atoms with Gasteiger partial charge in [0.25, 0.3) is 5.91 Å². The highest BCUT2D eigenvalue weighted by atomic mass is 16.4. The summed E-state index contributed by atoms with van der Waals surface area (Å²) in [5.41, 5.74) is 2.96. The van der Waals surface area contributed by atoms with Crippen LogP contribution >= 0.6 is 0 Å². The summed E-state index contributed by atoms with van der Waals surface area (Å²) in [4.78, 5) is 22.2. The lowest BCUT2D eigenvalue weighted by atomic mass is 10.1. The highest BCUT2D eigenvalue weighted by molar-refractivity contribution is 5.91. The summed E-state index contributed by atoms with van der Waals surface area (Å²) in [6.45, 7) is 2.50. The largest absolute Gasteiger partial charge is 0.451 e. The van der Waals surface area contributed by atoms with Gasteiger partial charge in [-0.1, -0.05) is 31.2 Å². The zero-order chi connectivity index (χ0) is 16.9. The molecule has 0 atom stereocenters. The molecule has 0 bridgehead atoms. The molecule has 0 spiro atoms. The summed E-state index contributed by atoms with van der Waals surface area (Å²) in [6, 6.07) is 11.7. The monoisotopic (exact) mass is 321 g/mol. The molecule has 24 heavy (non-hydrogen) atoms. The average Bonchev–Trinajstić information content (AvgIpc) is 3.12. The number of hydrogen-bond donors (Lipinski definition) is 0.